The minimum absolute atomic E-state index is 1.14. The van der Waals surface area contributed by atoms with Crippen LogP contribution < -0.4 is 2.81 Å². The predicted molar refractivity (Wildman–Crippen MR) is 60.1 cm³/mol. The van der Waals surface area contributed by atoms with Crippen LogP contribution in [0.3, 0.4) is 0 Å². The van der Waals surface area contributed by atoms with Crippen molar-refractivity contribution >= 4 is 30.7 Å². The van der Waals surface area contributed by atoms with E-state index >= 15 is 0 Å². The third kappa shape index (κ3) is 1.18. The zero-order chi connectivity index (χ0) is 9.54. The number of hydrogen-bond acceptors (Lipinski definition) is 0. The molecule has 3 rings (SSSR count). The second kappa shape index (κ2) is 3.23. The summed E-state index contributed by atoms with van der Waals surface area (Å²) in [5.41, 5.74) is 5.97. The molecule has 0 bridgehead atoms. The first-order valence-corrected chi connectivity index (χ1v) is 6.03. The third-order valence-electron chi connectivity index (χ3n) is 3.09. The Kier molecular flexibility index (Phi) is 2.01. The van der Waals surface area contributed by atoms with Gasteiger partial charge in [-0.1, -0.05) is 0 Å². The van der Waals surface area contributed by atoms with E-state index in [0.29, 0.717) is 0 Å². The van der Waals surface area contributed by atoms with Gasteiger partial charge in [0.25, 0.3) is 0 Å². The average Bonchev–Trinajstić information content (AvgIpc) is 2.59. The Morgan fingerprint density at radius 2 is 1.64 bits per heavy atom. The van der Waals surface area contributed by atoms with E-state index in [1.54, 1.807) is 8.38 Å². The van der Waals surface area contributed by atoms with Gasteiger partial charge in [-0.2, -0.15) is 0 Å². The van der Waals surface area contributed by atoms with Gasteiger partial charge in [-0.3, -0.25) is 0 Å². The molecule has 1 aliphatic carbocycles. The molecule has 0 nitrogen and oxygen atoms in total. The zero-order valence-corrected chi connectivity index (χ0v) is 10.2. The Bertz CT molecular complexity index is 500. The van der Waals surface area contributed by atoms with Crippen LogP contribution >= 0.6 is 0 Å². The maximum absolute atomic E-state index is 2.26. The summed E-state index contributed by atoms with van der Waals surface area (Å²) in [6.45, 7) is 0. The van der Waals surface area contributed by atoms with Gasteiger partial charge in [0.15, 0.2) is 0 Å². The summed E-state index contributed by atoms with van der Waals surface area (Å²) < 4.78 is 1.55. The first kappa shape index (κ1) is 8.72. The van der Waals surface area contributed by atoms with Crippen LogP contribution in [0.4, 0.5) is 0 Å². The van der Waals surface area contributed by atoms with E-state index in [1.165, 1.54) is 16.7 Å². The van der Waals surface area contributed by atoms with Gasteiger partial charge in [-0.25, -0.2) is 0 Å². The fraction of sp³-hybridized carbons (Fsp3) is 0.0769. The van der Waals surface area contributed by atoms with Crippen molar-refractivity contribution < 1.29 is 0 Å². The molecule has 2 aromatic rings. The Morgan fingerprint density at radius 1 is 0.857 bits per heavy atom. The average molecular weight is 188 g/mol. The van der Waals surface area contributed by atoms with Crippen LogP contribution in [-0.2, 0) is 6.42 Å². The summed E-state index contributed by atoms with van der Waals surface area (Å²) in [7, 11) is 0. The molecule has 14 heavy (non-hydrogen) atoms. The van der Waals surface area contributed by atoms with Crippen molar-refractivity contribution in [1.82, 2.24) is 0 Å². The molecule has 1 heteroatoms. The van der Waals surface area contributed by atoms with Crippen molar-refractivity contribution in [3.63, 3.8) is 0 Å². The summed E-state index contributed by atoms with van der Waals surface area (Å²) in [4.78, 5) is 0. The summed E-state index contributed by atoms with van der Waals surface area (Å²) in [5.74, 6) is 0. The van der Waals surface area contributed by atoms with Crippen molar-refractivity contribution in [3.8, 4) is 11.1 Å². The van der Waals surface area contributed by atoms with Gasteiger partial charge < -0.3 is 0 Å². The molecule has 0 amide bonds. The number of rotatable bonds is 0. The van der Waals surface area contributed by atoms with Gasteiger partial charge in [-0.05, 0) is 0 Å². The normalized spacial score (nSPS) is 12.4. The van der Waals surface area contributed by atoms with Gasteiger partial charge in [0.05, 0.1) is 0 Å². The van der Waals surface area contributed by atoms with Crippen LogP contribution in [-0.4, -0.2) is 27.9 Å². The Morgan fingerprint density at radius 3 is 2.57 bits per heavy atom. The van der Waals surface area contributed by atoms with Crippen LogP contribution in [0.2, 0.25) is 0 Å². The topological polar surface area (TPSA) is 0 Å². The maximum atomic E-state index is 2.26. The molecule has 0 saturated carbocycles. The Balaban J connectivity index is 2.33. The van der Waals surface area contributed by atoms with Gasteiger partial charge in [0.2, 0.25) is 0 Å². The van der Waals surface area contributed by atoms with Gasteiger partial charge >= 0.3 is 102 Å². The van der Waals surface area contributed by atoms with Crippen LogP contribution in [0.15, 0.2) is 42.5 Å². The van der Waals surface area contributed by atoms with E-state index in [4.69, 9.17) is 0 Å². The molecule has 0 spiro atoms. The minimum atomic E-state index is 1.14. The molecule has 0 fully saturated rings. The first-order valence-electron chi connectivity index (χ1n) is 5.03. The van der Waals surface area contributed by atoms with Crippen molar-refractivity contribution in [1.29, 1.82) is 0 Å². The zero-order valence-electron chi connectivity index (χ0n) is 8.25. The molecular formula is C13H9Na. The van der Waals surface area contributed by atoms with Crippen LogP contribution in [0.25, 0.3) is 11.1 Å². The molecule has 0 saturated heterocycles. The molecule has 2 aromatic carbocycles. The van der Waals surface area contributed by atoms with E-state index in [2.05, 4.69) is 42.5 Å². The van der Waals surface area contributed by atoms with E-state index in [1.807, 2.05) is 0 Å². The monoisotopic (exact) mass is 188 g/mol. The number of fused-ring (bicyclic) bond motifs is 3. The molecule has 0 aromatic heterocycles. The van der Waals surface area contributed by atoms with Gasteiger partial charge in [-0.15, -0.1) is 0 Å². The Hall–Kier alpha value is -0.560. The predicted octanol–water partition coefficient (Wildman–Crippen LogP) is 2.05. The van der Waals surface area contributed by atoms with Gasteiger partial charge in [0.1, 0.15) is 0 Å². The second-order valence-electron chi connectivity index (χ2n) is 3.93. The van der Waals surface area contributed by atoms with Crippen LogP contribution in [0, 0.1) is 0 Å². The fourth-order valence-electron chi connectivity index (χ4n) is 2.32. The molecule has 0 unspecified atom stereocenters. The van der Waals surface area contributed by atoms with Crippen molar-refractivity contribution in [2.24, 2.45) is 0 Å². The van der Waals surface area contributed by atoms with Crippen LogP contribution in [0.1, 0.15) is 11.1 Å². The third-order valence-corrected chi connectivity index (χ3v) is 4.02. The summed E-state index contributed by atoms with van der Waals surface area (Å²) in [6.07, 6.45) is 1.14. The van der Waals surface area contributed by atoms with E-state index in [9.17, 15) is 0 Å². The molecule has 62 valence electrons. The summed E-state index contributed by atoms with van der Waals surface area (Å²) in [5, 5.41) is 0. The molecular weight excluding hydrogens is 179 g/mol. The van der Waals surface area contributed by atoms with E-state index < -0.39 is 0 Å². The molecule has 0 atom stereocenters. The molecule has 0 heterocycles. The Labute approximate surface area is 101 Å². The van der Waals surface area contributed by atoms with Crippen molar-refractivity contribution in [2.45, 2.75) is 6.42 Å². The quantitative estimate of drug-likeness (QED) is 0.474. The molecule has 0 N–H and O–H groups in total. The first-order chi connectivity index (χ1) is 6.86. The fourth-order valence-corrected chi connectivity index (χ4v) is 2.96. The number of hydrogen-bond donors (Lipinski definition) is 0. The molecule has 1 aliphatic rings. The van der Waals surface area contributed by atoms with Crippen molar-refractivity contribution in [3.05, 3.63) is 53.6 Å². The van der Waals surface area contributed by atoms with E-state index in [-0.39, 0.29) is 0 Å². The van der Waals surface area contributed by atoms with Crippen molar-refractivity contribution in [2.75, 3.05) is 0 Å². The summed E-state index contributed by atoms with van der Waals surface area (Å²) >= 11 is 1.16. The standard InChI is InChI=1S/C13H9.Na/c1-3-7-12-10(5-1)9-11-6-2-4-8-13(11)12;/h1-5,7-8H,9H2;. The summed E-state index contributed by atoms with van der Waals surface area (Å²) in [6, 6.07) is 15.5. The van der Waals surface area contributed by atoms with Gasteiger partial charge in [0, 0.05) is 0 Å². The van der Waals surface area contributed by atoms with Crippen LogP contribution in [0.5, 0.6) is 0 Å². The second-order valence-corrected chi connectivity index (χ2v) is 5.01. The molecule has 0 radical (unpaired) electrons. The molecule has 0 aliphatic heterocycles. The SMILES string of the molecule is [Na][c]1cccc2c1Cc1ccccc1-2. The number of benzene rings is 2. The van der Waals surface area contributed by atoms with E-state index in [0.717, 1.165) is 34.4 Å².